The third-order valence-corrected chi connectivity index (χ3v) is 4.34. The second-order valence-corrected chi connectivity index (χ2v) is 6.46. The van der Waals surface area contributed by atoms with Crippen LogP contribution in [-0.4, -0.2) is 28.5 Å². The predicted molar refractivity (Wildman–Crippen MR) is 80.3 cm³/mol. The second-order valence-electron chi connectivity index (χ2n) is 6.46. The Morgan fingerprint density at radius 2 is 2.20 bits per heavy atom. The van der Waals surface area contributed by atoms with E-state index in [1.165, 1.54) is 25.7 Å². The maximum Gasteiger partial charge on any atom is 0.0640 e. The first-order valence-corrected chi connectivity index (χ1v) is 7.59. The van der Waals surface area contributed by atoms with E-state index in [1.54, 1.807) is 7.11 Å². The second kappa shape index (κ2) is 6.70. The van der Waals surface area contributed by atoms with E-state index < -0.39 is 0 Å². The molecule has 1 saturated carbocycles. The molecule has 1 aliphatic rings. The van der Waals surface area contributed by atoms with Crippen molar-refractivity contribution in [1.82, 2.24) is 15.2 Å². The molecule has 0 amide bonds. The summed E-state index contributed by atoms with van der Waals surface area (Å²) < 4.78 is 7.61. The van der Waals surface area contributed by atoms with Crippen molar-refractivity contribution in [3.8, 4) is 0 Å². The Hall–Kier alpha value is -0.910. The van der Waals surface area contributed by atoms with Crippen LogP contribution in [0.25, 0.3) is 0 Å². The maximum absolute atomic E-state index is 5.67. The molecule has 0 spiro atoms. The Labute approximate surface area is 121 Å². The van der Waals surface area contributed by atoms with Crippen LogP contribution in [0.1, 0.15) is 57.7 Å². The number of ether oxygens (including phenoxy) is 1. The summed E-state index contributed by atoms with van der Waals surface area (Å²) >= 11 is 0. The lowest BCUT2D eigenvalue weighted by Gasteiger charge is -2.27. The third-order valence-electron chi connectivity index (χ3n) is 4.34. The Morgan fingerprint density at radius 1 is 1.50 bits per heavy atom. The molecule has 0 radical (unpaired) electrons. The van der Waals surface area contributed by atoms with E-state index in [-0.39, 0.29) is 11.6 Å². The largest absolute Gasteiger partial charge is 0.379 e. The van der Waals surface area contributed by atoms with Gasteiger partial charge in [0.05, 0.1) is 17.3 Å². The minimum atomic E-state index is -0.176. The van der Waals surface area contributed by atoms with Gasteiger partial charge < -0.3 is 4.74 Å². The highest BCUT2D eigenvalue weighted by atomic mass is 16.5. The molecule has 1 heterocycles. The van der Waals surface area contributed by atoms with E-state index in [9.17, 15) is 0 Å². The molecule has 1 aromatic rings. The average Bonchev–Trinajstić information content (AvgIpc) is 3.08. The van der Waals surface area contributed by atoms with Crippen LogP contribution in [0.5, 0.6) is 0 Å². The lowest BCUT2D eigenvalue weighted by Crippen LogP contribution is -2.42. The minimum absolute atomic E-state index is 0.176. The van der Waals surface area contributed by atoms with Crippen LogP contribution >= 0.6 is 0 Å². The lowest BCUT2D eigenvalue weighted by molar-refractivity contribution is 0.00702. The summed E-state index contributed by atoms with van der Waals surface area (Å²) in [7, 11) is 1.74. The molecule has 20 heavy (non-hydrogen) atoms. The molecule has 1 aliphatic carbocycles. The van der Waals surface area contributed by atoms with Gasteiger partial charge in [-0.3, -0.25) is 16.0 Å². The molecule has 1 unspecified atom stereocenters. The third kappa shape index (κ3) is 4.04. The SMILES string of the molecule is COC(C)(C)CC(Cc1ccn(C2CCCC2)n1)NN. The van der Waals surface area contributed by atoms with Crippen molar-refractivity contribution in [2.75, 3.05) is 7.11 Å². The Bertz CT molecular complexity index is 410. The van der Waals surface area contributed by atoms with Gasteiger partial charge in [-0.1, -0.05) is 12.8 Å². The van der Waals surface area contributed by atoms with E-state index in [2.05, 4.69) is 36.2 Å². The summed E-state index contributed by atoms with van der Waals surface area (Å²) in [6.45, 7) is 4.16. The van der Waals surface area contributed by atoms with Crippen molar-refractivity contribution in [3.05, 3.63) is 18.0 Å². The number of nitrogens with zero attached hydrogens (tertiary/aromatic N) is 2. The number of hydrogen-bond donors (Lipinski definition) is 2. The normalized spacial score (nSPS) is 18.6. The summed E-state index contributed by atoms with van der Waals surface area (Å²) in [6.07, 6.45) is 8.98. The van der Waals surface area contributed by atoms with E-state index >= 15 is 0 Å². The van der Waals surface area contributed by atoms with Crippen LogP contribution < -0.4 is 11.3 Å². The van der Waals surface area contributed by atoms with E-state index in [0.29, 0.717) is 6.04 Å². The van der Waals surface area contributed by atoms with Gasteiger partial charge in [0.2, 0.25) is 0 Å². The highest BCUT2D eigenvalue weighted by molar-refractivity contribution is 5.03. The highest BCUT2D eigenvalue weighted by Gasteiger charge is 2.23. The van der Waals surface area contributed by atoms with Crippen LogP contribution in [0, 0.1) is 0 Å². The van der Waals surface area contributed by atoms with Gasteiger partial charge in [0.1, 0.15) is 0 Å². The molecule has 5 nitrogen and oxygen atoms in total. The molecular weight excluding hydrogens is 252 g/mol. The first-order valence-electron chi connectivity index (χ1n) is 7.59. The zero-order valence-electron chi connectivity index (χ0n) is 12.9. The van der Waals surface area contributed by atoms with Crippen LogP contribution in [0.15, 0.2) is 12.3 Å². The summed E-state index contributed by atoms with van der Waals surface area (Å²) in [5.41, 5.74) is 3.82. The quantitative estimate of drug-likeness (QED) is 0.593. The monoisotopic (exact) mass is 280 g/mol. The molecule has 0 saturated heterocycles. The molecule has 0 aliphatic heterocycles. The van der Waals surface area contributed by atoms with Crippen LogP contribution in [0.2, 0.25) is 0 Å². The molecule has 114 valence electrons. The van der Waals surface area contributed by atoms with E-state index in [4.69, 9.17) is 15.7 Å². The zero-order chi connectivity index (χ0) is 14.6. The summed E-state index contributed by atoms with van der Waals surface area (Å²) in [5.74, 6) is 5.67. The number of hydrazine groups is 1. The summed E-state index contributed by atoms with van der Waals surface area (Å²) in [6, 6.07) is 2.89. The average molecular weight is 280 g/mol. The van der Waals surface area contributed by atoms with Crippen LogP contribution in [-0.2, 0) is 11.2 Å². The van der Waals surface area contributed by atoms with Crippen molar-refractivity contribution in [2.45, 2.75) is 70.1 Å². The summed E-state index contributed by atoms with van der Waals surface area (Å²) in [5, 5.41) is 4.72. The van der Waals surface area contributed by atoms with Gasteiger partial charge in [0.15, 0.2) is 0 Å². The van der Waals surface area contributed by atoms with Gasteiger partial charge in [-0.2, -0.15) is 5.10 Å². The fraction of sp³-hybridized carbons (Fsp3) is 0.800. The number of nitrogens with one attached hydrogen (secondary N) is 1. The summed E-state index contributed by atoms with van der Waals surface area (Å²) in [4.78, 5) is 0. The smallest absolute Gasteiger partial charge is 0.0640 e. The first kappa shape index (κ1) is 15.5. The number of nitrogens with two attached hydrogens (primary N) is 1. The molecule has 5 heteroatoms. The molecule has 0 bridgehead atoms. The molecule has 0 aromatic carbocycles. The zero-order valence-corrected chi connectivity index (χ0v) is 12.9. The van der Waals surface area contributed by atoms with E-state index in [1.807, 2.05) is 0 Å². The van der Waals surface area contributed by atoms with Crippen LogP contribution in [0.4, 0.5) is 0 Å². The Kier molecular flexibility index (Phi) is 5.18. The Balaban J connectivity index is 1.94. The molecular formula is C15H28N4O. The fourth-order valence-electron chi connectivity index (χ4n) is 2.98. The van der Waals surface area contributed by atoms with Gasteiger partial charge in [0, 0.05) is 25.8 Å². The molecule has 1 aromatic heterocycles. The van der Waals surface area contributed by atoms with Gasteiger partial charge in [-0.15, -0.1) is 0 Å². The first-order chi connectivity index (χ1) is 9.54. The number of methoxy groups -OCH3 is 1. The van der Waals surface area contributed by atoms with Crippen LogP contribution in [0.3, 0.4) is 0 Å². The van der Waals surface area contributed by atoms with Gasteiger partial charge in [-0.25, -0.2) is 0 Å². The molecule has 2 rings (SSSR count). The Morgan fingerprint density at radius 3 is 2.80 bits per heavy atom. The fourth-order valence-corrected chi connectivity index (χ4v) is 2.98. The van der Waals surface area contributed by atoms with E-state index in [0.717, 1.165) is 18.5 Å². The number of rotatable bonds is 7. The van der Waals surface area contributed by atoms with Crippen molar-refractivity contribution in [1.29, 1.82) is 0 Å². The van der Waals surface area contributed by atoms with Gasteiger partial charge >= 0.3 is 0 Å². The van der Waals surface area contributed by atoms with Gasteiger partial charge in [0.25, 0.3) is 0 Å². The number of hydrogen-bond acceptors (Lipinski definition) is 4. The van der Waals surface area contributed by atoms with Crippen molar-refractivity contribution >= 4 is 0 Å². The highest BCUT2D eigenvalue weighted by Crippen LogP contribution is 2.28. The van der Waals surface area contributed by atoms with Gasteiger partial charge in [-0.05, 0) is 39.2 Å². The molecule has 3 N–H and O–H groups in total. The molecule has 1 atom stereocenters. The topological polar surface area (TPSA) is 65.1 Å². The number of aromatic nitrogens is 2. The van der Waals surface area contributed by atoms with Crippen molar-refractivity contribution < 1.29 is 4.74 Å². The predicted octanol–water partition coefficient (Wildman–Crippen LogP) is 2.19. The van der Waals surface area contributed by atoms with Crippen molar-refractivity contribution in [2.24, 2.45) is 5.84 Å². The lowest BCUT2D eigenvalue weighted by atomic mass is 9.96. The molecule has 1 fully saturated rings. The standard InChI is InChI=1S/C15H28N4O/c1-15(2,20-3)11-13(17-16)10-12-8-9-19(18-12)14-6-4-5-7-14/h8-9,13-14,17H,4-7,10-11,16H2,1-3H3. The van der Waals surface area contributed by atoms with Crippen molar-refractivity contribution in [3.63, 3.8) is 0 Å². The minimum Gasteiger partial charge on any atom is -0.379 e. The maximum atomic E-state index is 5.67.